The zero-order valence-electron chi connectivity index (χ0n) is 23.9. The summed E-state index contributed by atoms with van der Waals surface area (Å²) >= 11 is 3.69. The van der Waals surface area contributed by atoms with Crippen molar-refractivity contribution in [3.63, 3.8) is 0 Å². The summed E-state index contributed by atoms with van der Waals surface area (Å²) in [5.74, 6) is 0. The van der Waals surface area contributed by atoms with E-state index in [1.54, 1.807) is 17.7 Å². The van der Waals surface area contributed by atoms with E-state index in [1.165, 1.54) is 74.3 Å². The highest BCUT2D eigenvalue weighted by Gasteiger charge is 2.25. The number of aromatic nitrogens is 3. The van der Waals surface area contributed by atoms with Crippen LogP contribution in [0, 0.1) is 0 Å². The Labute approximate surface area is 266 Å². The molecule has 0 aliphatic rings. The molecular formula is C40H23N3S2. The van der Waals surface area contributed by atoms with E-state index in [0.717, 1.165) is 15.9 Å². The van der Waals surface area contributed by atoms with E-state index in [-0.39, 0.29) is 0 Å². The van der Waals surface area contributed by atoms with Crippen LogP contribution in [0.15, 0.2) is 140 Å². The molecule has 0 aliphatic carbocycles. The molecule has 0 aliphatic heterocycles. The first-order valence-corrected chi connectivity index (χ1v) is 16.6. The molecule has 10 rings (SSSR count). The van der Waals surface area contributed by atoms with Gasteiger partial charge in [-0.1, -0.05) is 97.1 Å². The lowest BCUT2D eigenvalue weighted by molar-refractivity contribution is 1.19. The molecule has 0 spiro atoms. The highest BCUT2D eigenvalue weighted by atomic mass is 32.1. The molecule has 0 radical (unpaired) electrons. The molecule has 0 N–H and O–H groups in total. The van der Waals surface area contributed by atoms with Gasteiger partial charge >= 0.3 is 0 Å². The molecule has 0 fully saturated rings. The van der Waals surface area contributed by atoms with E-state index in [0.29, 0.717) is 0 Å². The minimum absolute atomic E-state index is 1.03. The molecule has 3 nitrogen and oxygen atoms in total. The second kappa shape index (κ2) is 9.57. The number of fused-ring (bicyclic) bond motifs is 12. The van der Waals surface area contributed by atoms with Gasteiger partial charge in [-0.05, 0) is 52.6 Å². The van der Waals surface area contributed by atoms with Gasteiger partial charge in [0.05, 0.1) is 25.9 Å². The fraction of sp³-hybridized carbons (Fsp3) is 0. The van der Waals surface area contributed by atoms with Crippen molar-refractivity contribution in [2.24, 2.45) is 0 Å². The predicted octanol–water partition coefficient (Wildman–Crippen LogP) is 11.6. The number of benzene rings is 6. The lowest BCUT2D eigenvalue weighted by atomic mass is 9.98. The van der Waals surface area contributed by atoms with Crippen molar-refractivity contribution in [3.05, 3.63) is 140 Å². The molecule has 0 unspecified atom stereocenters. The molecule has 0 saturated heterocycles. The fourth-order valence-corrected chi connectivity index (χ4v) is 9.45. The number of para-hydroxylation sites is 1. The van der Waals surface area contributed by atoms with Gasteiger partial charge in [-0.3, -0.25) is 0 Å². The first-order chi connectivity index (χ1) is 22.3. The fourth-order valence-electron chi connectivity index (χ4n) is 7.00. The van der Waals surface area contributed by atoms with Crippen molar-refractivity contribution in [2.45, 2.75) is 0 Å². The van der Waals surface area contributed by atoms with E-state index < -0.39 is 0 Å². The summed E-state index contributed by atoms with van der Waals surface area (Å²) in [6.45, 7) is 0. The zero-order valence-corrected chi connectivity index (χ0v) is 25.6. The lowest BCUT2D eigenvalue weighted by Gasteiger charge is -2.14. The zero-order chi connectivity index (χ0) is 29.5. The first kappa shape index (κ1) is 25.0. The summed E-state index contributed by atoms with van der Waals surface area (Å²) in [7, 11) is 0. The maximum absolute atomic E-state index is 4.87. The maximum atomic E-state index is 4.87. The number of rotatable bonds is 3. The summed E-state index contributed by atoms with van der Waals surface area (Å²) in [5.41, 5.74) is 9.40. The molecule has 4 aromatic heterocycles. The molecule has 0 saturated carbocycles. The summed E-state index contributed by atoms with van der Waals surface area (Å²) in [6.07, 6.45) is 3.65. The van der Waals surface area contributed by atoms with Crippen LogP contribution < -0.4 is 0 Å². The second-order valence-corrected chi connectivity index (χ2v) is 13.5. The third-order valence-electron chi connectivity index (χ3n) is 8.91. The summed E-state index contributed by atoms with van der Waals surface area (Å²) in [4.78, 5) is 9.30. The van der Waals surface area contributed by atoms with E-state index in [2.05, 4.69) is 137 Å². The van der Waals surface area contributed by atoms with Crippen molar-refractivity contribution < 1.29 is 0 Å². The number of thiophene rings is 2. The standard InChI is InChI=1S/C40H23N3S2/c1-3-11-24(12-4-1)26-19-27(25-13-5-2-6-14-25)21-28(20-26)43-31-17-9-7-15-29(31)35-38(43)40-36(37-33(45-40)22-41-23-42-37)34-30-16-8-10-18-32(30)44-39(34)35/h1-23H. The maximum Gasteiger partial charge on any atom is 0.116 e. The van der Waals surface area contributed by atoms with E-state index in [1.807, 2.05) is 17.5 Å². The molecule has 0 bridgehead atoms. The van der Waals surface area contributed by atoms with Crippen LogP contribution in [0.3, 0.4) is 0 Å². The summed E-state index contributed by atoms with van der Waals surface area (Å²) < 4.78 is 7.47. The van der Waals surface area contributed by atoms with Crippen LogP contribution in [0.25, 0.3) is 90.2 Å². The lowest BCUT2D eigenvalue weighted by Crippen LogP contribution is -1.96. The topological polar surface area (TPSA) is 30.7 Å². The Morgan fingerprint density at radius 2 is 1.16 bits per heavy atom. The second-order valence-electron chi connectivity index (χ2n) is 11.4. The highest BCUT2D eigenvalue weighted by Crippen LogP contribution is 2.51. The molecule has 6 aromatic carbocycles. The van der Waals surface area contributed by atoms with E-state index in [9.17, 15) is 0 Å². The SMILES string of the molecule is c1ccc(-c2cc(-c3ccccc3)cc(-n3c4ccccc4c4c5sc6ccccc6c5c5c6ncncc6sc5c43)c2)cc1. The molecule has 4 heterocycles. The van der Waals surface area contributed by atoms with Gasteiger partial charge in [0.1, 0.15) is 6.33 Å². The summed E-state index contributed by atoms with van der Waals surface area (Å²) in [5, 5.41) is 6.39. The smallest absolute Gasteiger partial charge is 0.116 e. The number of hydrogen-bond donors (Lipinski definition) is 0. The van der Waals surface area contributed by atoms with Gasteiger partial charge < -0.3 is 4.57 Å². The Bertz CT molecular complexity index is 2700. The first-order valence-electron chi connectivity index (χ1n) is 15.0. The molecule has 5 heteroatoms. The quantitative estimate of drug-likeness (QED) is 0.199. The molecule has 10 aromatic rings. The minimum Gasteiger partial charge on any atom is -0.308 e. The molecule has 210 valence electrons. The van der Waals surface area contributed by atoms with Crippen molar-refractivity contribution >= 4 is 85.0 Å². The van der Waals surface area contributed by atoms with Gasteiger partial charge in [0.25, 0.3) is 0 Å². The van der Waals surface area contributed by atoms with Crippen LogP contribution in [-0.4, -0.2) is 14.5 Å². The molecular weight excluding hydrogens is 587 g/mol. The summed E-state index contributed by atoms with van der Waals surface area (Å²) in [6, 6.07) is 46.1. The van der Waals surface area contributed by atoms with Crippen molar-refractivity contribution in [1.82, 2.24) is 14.5 Å². The van der Waals surface area contributed by atoms with Crippen molar-refractivity contribution in [3.8, 4) is 27.9 Å². The Balaban J connectivity index is 1.44. The van der Waals surface area contributed by atoms with Crippen LogP contribution in [0.4, 0.5) is 0 Å². The average molecular weight is 610 g/mol. The van der Waals surface area contributed by atoms with Gasteiger partial charge in [-0.25, -0.2) is 9.97 Å². The van der Waals surface area contributed by atoms with Crippen LogP contribution in [0.5, 0.6) is 0 Å². The van der Waals surface area contributed by atoms with Crippen LogP contribution in [0.2, 0.25) is 0 Å². The number of hydrogen-bond acceptors (Lipinski definition) is 4. The van der Waals surface area contributed by atoms with Gasteiger partial charge in [-0.15, -0.1) is 22.7 Å². The normalized spacial score (nSPS) is 12.0. The molecule has 0 atom stereocenters. The Morgan fingerprint density at radius 3 is 1.91 bits per heavy atom. The van der Waals surface area contributed by atoms with Gasteiger partial charge in [0.2, 0.25) is 0 Å². The highest BCUT2D eigenvalue weighted by molar-refractivity contribution is 7.29. The van der Waals surface area contributed by atoms with E-state index in [4.69, 9.17) is 4.98 Å². The van der Waals surface area contributed by atoms with E-state index >= 15 is 0 Å². The molecule has 0 amide bonds. The average Bonchev–Trinajstić information content (AvgIpc) is 3.78. The minimum atomic E-state index is 1.03. The molecule has 45 heavy (non-hydrogen) atoms. The third kappa shape index (κ3) is 3.62. The van der Waals surface area contributed by atoms with Crippen LogP contribution in [-0.2, 0) is 0 Å². The van der Waals surface area contributed by atoms with Crippen LogP contribution in [0.1, 0.15) is 0 Å². The van der Waals surface area contributed by atoms with Gasteiger partial charge in [-0.2, -0.15) is 0 Å². The van der Waals surface area contributed by atoms with Crippen molar-refractivity contribution in [1.29, 1.82) is 0 Å². The van der Waals surface area contributed by atoms with Crippen LogP contribution >= 0.6 is 22.7 Å². The Morgan fingerprint density at radius 1 is 0.511 bits per heavy atom. The Kier molecular flexibility index (Phi) is 5.32. The van der Waals surface area contributed by atoms with Gasteiger partial charge in [0.15, 0.2) is 0 Å². The monoisotopic (exact) mass is 609 g/mol. The van der Waals surface area contributed by atoms with Gasteiger partial charge in [0, 0.05) is 48.2 Å². The Hall–Kier alpha value is -5.36. The third-order valence-corrected chi connectivity index (χ3v) is 11.2. The largest absolute Gasteiger partial charge is 0.308 e. The number of nitrogens with zero attached hydrogens (tertiary/aromatic N) is 3. The van der Waals surface area contributed by atoms with Crippen molar-refractivity contribution in [2.75, 3.05) is 0 Å². The predicted molar refractivity (Wildman–Crippen MR) is 193 cm³/mol.